The van der Waals surface area contributed by atoms with Crippen LogP contribution in [-0.4, -0.2) is 12.2 Å². The van der Waals surface area contributed by atoms with Crippen LogP contribution in [0.5, 0.6) is 11.5 Å². The van der Waals surface area contributed by atoms with E-state index in [2.05, 4.69) is 0 Å². The number of phenols is 1. The van der Waals surface area contributed by atoms with Gasteiger partial charge in [-0.15, -0.1) is 0 Å². The number of benzene rings is 2. The Hall–Kier alpha value is -2.22. The zero-order chi connectivity index (χ0) is 13.7. The molecule has 0 aliphatic rings. The lowest BCUT2D eigenvalue weighted by atomic mass is 10.0. The molecular formula is C17H18O2. The molecule has 0 aliphatic carbocycles. The lowest BCUT2D eigenvalue weighted by Crippen LogP contribution is -1.93. The number of phenolic OH excluding ortho intramolecular Hbond substituents is 1. The fourth-order valence-corrected chi connectivity index (χ4v) is 2.08. The number of aromatic hydroxyl groups is 1. The summed E-state index contributed by atoms with van der Waals surface area (Å²) in [7, 11) is 1.57. The van der Waals surface area contributed by atoms with Gasteiger partial charge in [0.15, 0.2) is 11.5 Å². The smallest absolute Gasteiger partial charge is 0.161 e. The minimum absolute atomic E-state index is 0.222. The quantitative estimate of drug-likeness (QED) is 0.892. The fraction of sp³-hybridized carbons (Fsp3) is 0.176. The summed E-state index contributed by atoms with van der Waals surface area (Å²) in [5.41, 5.74) is 3.07. The summed E-state index contributed by atoms with van der Waals surface area (Å²) < 4.78 is 5.23. The third-order valence-corrected chi connectivity index (χ3v) is 2.99. The minimum Gasteiger partial charge on any atom is -0.504 e. The van der Waals surface area contributed by atoms with Crippen molar-refractivity contribution < 1.29 is 9.84 Å². The SMILES string of the molecule is C/C=C/c1cc(Cc2ccccc2)c(O)c(OC)c1. The number of allylic oxidation sites excluding steroid dienone is 1. The van der Waals surface area contributed by atoms with Gasteiger partial charge in [0.25, 0.3) is 0 Å². The highest BCUT2D eigenvalue weighted by Gasteiger charge is 2.10. The van der Waals surface area contributed by atoms with Gasteiger partial charge in [-0.1, -0.05) is 42.5 Å². The van der Waals surface area contributed by atoms with E-state index in [0.717, 1.165) is 16.7 Å². The molecule has 98 valence electrons. The molecule has 0 heterocycles. The maximum Gasteiger partial charge on any atom is 0.161 e. The van der Waals surface area contributed by atoms with Crippen LogP contribution in [0.15, 0.2) is 48.5 Å². The molecule has 2 nitrogen and oxygen atoms in total. The maximum atomic E-state index is 10.2. The zero-order valence-electron chi connectivity index (χ0n) is 11.3. The number of hydrogen-bond donors (Lipinski definition) is 1. The van der Waals surface area contributed by atoms with Crippen molar-refractivity contribution in [2.45, 2.75) is 13.3 Å². The van der Waals surface area contributed by atoms with E-state index in [0.29, 0.717) is 12.2 Å². The normalized spacial score (nSPS) is 10.8. The van der Waals surface area contributed by atoms with Crippen LogP contribution >= 0.6 is 0 Å². The molecule has 0 amide bonds. The van der Waals surface area contributed by atoms with E-state index in [1.807, 2.05) is 61.5 Å². The molecule has 2 heteroatoms. The Morgan fingerprint density at radius 3 is 2.53 bits per heavy atom. The standard InChI is InChI=1S/C17H18O2/c1-3-7-14-11-15(17(18)16(12-14)19-2)10-13-8-5-4-6-9-13/h3-9,11-12,18H,10H2,1-2H3/b7-3+. The van der Waals surface area contributed by atoms with Crippen molar-refractivity contribution in [1.82, 2.24) is 0 Å². The van der Waals surface area contributed by atoms with E-state index in [-0.39, 0.29) is 5.75 Å². The molecule has 0 aliphatic heterocycles. The van der Waals surface area contributed by atoms with Crippen molar-refractivity contribution in [3.05, 3.63) is 65.2 Å². The highest BCUT2D eigenvalue weighted by molar-refractivity contribution is 5.59. The molecular weight excluding hydrogens is 236 g/mol. The van der Waals surface area contributed by atoms with E-state index in [9.17, 15) is 5.11 Å². The van der Waals surface area contributed by atoms with Crippen molar-refractivity contribution in [3.8, 4) is 11.5 Å². The van der Waals surface area contributed by atoms with Gasteiger partial charge < -0.3 is 9.84 Å². The lowest BCUT2D eigenvalue weighted by Gasteiger charge is -2.11. The molecule has 0 aromatic heterocycles. The first-order valence-electron chi connectivity index (χ1n) is 6.31. The topological polar surface area (TPSA) is 29.5 Å². The predicted octanol–water partition coefficient (Wildman–Crippen LogP) is 4.02. The van der Waals surface area contributed by atoms with Crippen LogP contribution in [0.3, 0.4) is 0 Å². The minimum atomic E-state index is 0.222. The molecule has 0 unspecified atom stereocenters. The Labute approximate surface area is 114 Å². The van der Waals surface area contributed by atoms with Gasteiger partial charge in [0, 0.05) is 12.0 Å². The van der Waals surface area contributed by atoms with Crippen LogP contribution in [0.25, 0.3) is 6.08 Å². The summed E-state index contributed by atoms with van der Waals surface area (Å²) >= 11 is 0. The molecule has 1 N–H and O–H groups in total. The Morgan fingerprint density at radius 1 is 1.16 bits per heavy atom. The van der Waals surface area contributed by atoms with Crippen molar-refractivity contribution in [3.63, 3.8) is 0 Å². The van der Waals surface area contributed by atoms with Crippen LogP contribution in [0, 0.1) is 0 Å². The number of ether oxygens (including phenoxy) is 1. The van der Waals surface area contributed by atoms with Crippen molar-refractivity contribution >= 4 is 6.08 Å². The van der Waals surface area contributed by atoms with Crippen molar-refractivity contribution in [2.75, 3.05) is 7.11 Å². The Morgan fingerprint density at radius 2 is 1.89 bits per heavy atom. The highest BCUT2D eigenvalue weighted by Crippen LogP contribution is 2.33. The summed E-state index contributed by atoms with van der Waals surface area (Å²) in [6.45, 7) is 1.97. The van der Waals surface area contributed by atoms with E-state index >= 15 is 0 Å². The predicted molar refractivity (Wildman–Crippen MR) is 78.6 cm³/mol. The van der Waals surface area contributed by atoms with Crippen LogP contribution in [0.2, 0.25) is 0 Å². The third-order valence-electron chi connectivity index (χ3n) is 2.99. The van der Waals surface area contributed by atoms with Crippen LogP contribution in [-0.2, 0) is 6.42 Å². The second kappa shape index (κ2) is 6.10. The monoisotopic (exact) mass is 254 g/mol. The van der Waals surface area contributed by atoms with Crippen LogP contribution < -0.4 is 4.74 Å². The van der Waals surface area contributed by atoms with E-state index in [4.69, 9.17) is 4.74 Å². The second-order valence-corrected chi connectivity index (χ2v) is 4.39. The summed E-state index contributed by atoms with van der Waals surface area (Å²) in [6, 6.07) is 13.9. The number of hydrogen-bond acceptors (Lipinski definition) is 2. The summed E-state index contributed by atoms with van der Waals surface area (Å²) in [6.07, 6.45) is 4.66. The molecule has 0 spiro atoms. The van der Waals surface area contributed by atoms with Gasteiger partial charge in [0.1, 0.15) is 0 Å². The Balaban J connectivity index is 2.40. The molecule has 0 saturated heterocycles. The highest BCUT2D eigenvalue weighted by atomic mass is 16.5. The number of methoxy groups -OCH3 is 1. The molecule has 2 rings (SSSR count). The first-order valence-corrected chi connectivity index (χ1v) is 6.31. The second-order valence-electron chi connectivity index (χ2n) is 4.39. The van der Waals surface area contributed by atoms with Crippen molar-refractivity contribution in [2.24, 2.45) is 0 Å². The zero-order valence-corrected chi connectivity index (χ0v) is 11.3. The summed E-state index contributed by atoms with van der Waals surface area (Å²) in [5.74, 6) is 0.737. The van der Waals surface area contributed by atoms with Gasteiger partial charge in [-0.05, 0) is 30.2 Å². The van der Waals surface area contributed by atoms with Gasteiger partial charge in [-0.2, -0.15) is 0 Å². The average molecular weight is 254 g/mol. The fourth-order valence-electron chi connectivity index (χ4n) is 2.08. The maximum absolute atomic E-state index is 10.2. The number of rotatable bonds is 4. The van der Waals surface area contributed by atoms with Crippen LogP contribution in [0.1, 0.15) is 23.6 Å². The third kappa shape index (κ3) is 3.16. The molecule has 0 radical (unpaired) electrons. The van der Waals surface area contributed by atoms with Gasteiger partial charge in [-0.25, -0.2) is 0 Å². The van der Waals surface area contributed by atoms with E-state index in [1.165, 1.54) is 0 Å². The summed E-state index contributed by atoms with van der Waals surface area (Å²) in [5, 5.41) is 10.2. The van der Waals surface area contributed by atoms with Crippen LogP contribution in [0.4, 0.5) is 0 Å². The molecule has 0 bridgehead atoms. The molecule has 0 atom stereocenters. The van der Waals surface area contributed by atoms with Gasteiger partial charge in [0.2, 0.25) is 0 Å². The van der Waals surface area contributed by atoms with Gasteiger partial charge in [-0.3, -0.25) is 0 Å². The van der Waals surface area contributed by atoms with Gasteiger partial charge in [0.05, 0.1) is 7.11 Å². The Kier molecular flexibility index (Phi) is 4.24. The lowest BCUT2D eigenvalue weighted by molar-refractivity contribution is 0.371. The first kappa shape index (κ1) is 13.2. The molecule has 2 aromatic rings. The molecule has 0 fully saturated rings. The molecule has 19 heavy (non-hydrogen) atoms. The van der Waals surface area contributed by atoms with Gasteiger partial charge >= 0.3 is 0 Å². The van der Waals surface area contributed by atoms with E-state index in [1.54, 1.807) is 7.11 Å². The summed E-state index contributed by atoms with van der Waals surface area (Å²) in [4.78, 5) is 0. The molecule has 2 aromatic carbocycles. The van der Waals surface area contributed by atoms with Crippen molar-refractivity contribution in [1.29, 1.82) is 0 Å². The first-order chi connectivity index (χ1) is 9.24. The Bertz CT molecular complexity index is 571. The van der Waals surface area contributed by atoms with E-state index < -0.39 is 0 Å². The molecule has 0 saturated carbocycles. The largest absolute Gasteiger partial charge is 0.504 e. The average Bonchev–Trinajstić information content (AvgIpc) is 2.43.